The van der Waals surface area contributed by atoms with Crippen molar-refractivity contribution in [3.8, 4) is 11.5 Å². The molecule has 0 aliphatic heterocycles. The molecular formula is C16H16N6O3. The number of hydrogen-bond acceptors (Lipinski definition) is 7. The lowest BCUT2D eigenvalue weighted by Gasteiger charge is -2.02. The first kappa shape index (κ1) is 16.4. The molecule has 9 heteroatoms. The molecular weight excluding hydrogens is 324 g/mol. The average Bonchev–Trinajstić information content (AvgIpc) is 3.01. The number of phenolic OH excluding ortho intramolecular Hbond substituents is 1. The number of amides is 1. The number of aryl methyl sites for hydroxylation is 2. The number of rotatable bonds is 4. The van der Waals surface area contributed by atoms with Crippen LogP contribution >= 0.6 is 0 Å². The molecule has 1 amide bonds. The quantitative estimate of drug-likeness (QED) is 0.545. The fourth-order valence-corrected chi connectivity index (χ4v) is 2.24. The van der Waals surface area contributed by atoms with Crippen molar-refractivity contribution in [2.75, 3.05) is 7.11 Å². The molecule has 0 unspecified atom stereocenters. The predicted octanol–water partition coefficient (Wildman–Crippen LogP) is 1.22. The van der Waals surface area contributed by atoms with Crippen molar-refractivity contribution < 1.29 is 14.6 Å². The molecule has 128 valence electrons. The number of methoxy groups -OCH3 is 1. The Balaban J connectivity index is 1.78. The molecule has 0 fully saturated rings. The zero-order valence-electron chi connectivity index (χ0n) is 13.9. The lowest BCUT2D eigenvalue weighted by atomic mass is 10.2. The third-order valence-electron chi connectivity index (χ3n) is 3.43. The minimum Gasteiger partial charge on any atom is -0.507 e. The number of aromatic nitrogens is 4. The van der Waals surface area contributed by atoms with Gasteiger partial charge in [0.1, 0.15) is 11.5 Å². The SMILES string of the molecule is COc1ccc(O)c(/C=N/NC(=O)c2nc3nc(C)cc(C)n3n2)c1. The van der Waals surface area contributed by atoms with Crippen LogP contribution in [0.2, 0.25) is 0 Å². The summed E-state index contributed by atoms with van der Waals surface area (Å²) in [7, 11) is 1.52. The van der Waals surface area contributed by atoms with Gasteiger partial charge in [0.25, 0.3) is 5.78 Å². The van der Waals surface area contributed by atoms with Crippen molar-refractivity contribution in [3.63, 3.8) is 0 Å². The van der Waals surface area contributed by atoms with E-state index in [9.17, 15) is 9.90 Å². The van der Waals surface area contributed by atoms with Gasteiger partial charge in [-0.25, -0.2) is 14.9 Å². The highest BCUT2D eigenvalue weighted by Gasteiger charge is 2.14. The van der Waals surface area contributed by atoms with Gasteiger partial charge in [-0.1, -0.05) is 0 Å². The Morgan fingerprint density at radius 3 is 2.88 bits per heavy atom. The van der Waals surface area contributed by atoms with Crippen LogP contribution in [0.4, 0.5) is 0 Å². The molecule has 3 rings (SSSR count). The van der Waals surface area contributed by atoms with Crippen LogP contribution in [0.1, 0.15) is 27.6 Å². The van der Waals surface area contributed by atoms with Gasteiger partial charge in [-0.2, -0.15) is 10.1 Å². The molecule has 9 nitrogen and oxygen atoms in total. The fourth-order valence-electron chi connectivity index (χ4n) is 2.24. The average molecular weight is 340 g/mol. The Morgan fingerprint density at radius 1 is 1.32 bits per heavy atom. The van der Waals surface area contributed by atoms with E-state index >= 15 is 0 Å². The molecule has 0 aliphatic rings. The highest BCUT2D eigenvalue weighted by atomic mass is 16.5. The van der Waals surface area contributed by atoms with E-state index in [1.54, 1.807) is 12.1 Å². The lowest BCUT2D eigenvalue weighted by molar-refractivity contribution is 0.0945. The minimum atomic E-state index is -0.582. The Kier molecular flexibility index (Phi) is 4.29. The zero-order valence-corrected chi connectivity index (χ0v) is 13.9. The molecule has 0 aliphatic carbocycles. The molecule has 2 aromatic heterocycles. The molecule has 0 saturated heterocycles. The lowest BCUT2D eigenvalue weighted by Crippen LogP contribution is -2.19. The number of benzene rings is 1. The van der Waals surface area contributed by atoms with Gasteiger partial charge in [-0.15, -0.1) is 5.10 Å². The number of ether oxygens (including phenoxy) is 1. The Labute approximate surface area is 143 Å². The molecule has 25 heavy (non-hydrogen) atoms. The van der Waals surface area contributed by atoms with E-state index in [2.05, 4.69) is 25.6 Å². The smallest absolute Gasteiger partial charge is 0.311 e. The summed E-state index contributed by atoms with van der Waals surface area (Å²) >= 11 is 0. The van der Waals surface area contributed by atoms with Crippen molar-refractivity contribution in [2.45, 2.75) is 13.8 Å². The molecule has 3 aromatic rings. The number of hydrogen-bond donors (Lipinski definition) is 2. The molecule has 0 radical (unpaired) electrons. The second kappa shape index (κ2) is 6.56. The highest BCUT2D eigenvalue weighted by Crippen LogP contribution is 2.20. The fraction of sp³-hybridized carbons (Fsp3) is 0.188. The van der Waals surface area contributed by atoms with Gasteiger partial charge in [-0.05, 0) is 38.1 Å². The maximum absolute atomic E-state index is 12.1. The number of hydrazone groups is 1. The van der Waals surface area contributed by atoms with Crippen LogP contribution in [0.25, 0.3) is 5.78 Å². The molecule has 2 N–H and O–H groups in total. The maximum atomic E-state index is 12.1. The van der Waals surface area contributed by atoms with Crippen molar-refractivity contribution in [1.29, 1.82) is 0 Å². The Hall–Kier alpha value is -3.49. The third kappa shape index (κ3) is 3.39. The van der Waals surface area contributed by atoms with Crippen LogP contribution in [0.5, 0.6) is 11.5 Å². The van der Waals surface area contributed by atoms with E-state index in [1.165, 1.54) is 23.9 Å². The summed E-state index contributed by atoms with van der Waals surface area (Å²) in [5.74, 6) is 0.288. The summed E-state index contributed by atoms with van der Waals surface area (Å²) in [6.45, 7) is 3.69. The van der Waals surface area contributed by atoms with Gasteiger partial charge >= 0.3 is 5.91 Å². The second-order valence-electron chi connectivity index (χ2n) is 5.31. The van der Waals surface area contributed by atoms with Crippen LogP contribution in [0.15, 0.2) is 29.4 Å². The summed E-state index contributed by atoms with van der Waals surface area (Å²) in [5, 5.41) is 17.7. The summed E-state index contributed by atoms with van der Waals surface area (Å²) in [4.78, 5) is 20.4. The molecule has 1 aromatic carbocycles. The van der Waals surface area contributed by atoms with E-state index in [1.807, 2.05) is 19.9 Å². The van der Waals surface area contributed by atoms with Crippen molar-refractivity contribution in [1.82, 2.24) is 25.0 Å². The number of aromatic hydroxyl groups is 1. The molecule has 0 spiro atoms. The van der Waals surface area contributed by atoms with E-state index < -0.39 is 5.91 Å². The van der Waals surface area contributed by atoms with Crippen LogP contribution in [0, 0.1) is 13.8 Å². The van der Waals surface area contributed by atoms with E-state index in [-0.39, 0.29) is 11.6 Å². The van der Waals surface area contributed by atoms with Gasteiger partial charge in [0.05, 0.1) is 13.3 Å². The molecule has 0 bridgehead atoms. The Bertz CT molecular complexity index is 979. The first-order valence-corrected chi connectivity index (χ1v) is 7.39. The van der Waals surface area contributed by atoms with Gasteiger partial charge in [0.2, 0.25) is 5.82 Å². The molecule has 0 atom stereocenters. The number of fused-ring (bicyclic) bond motifs is 1. The number of carbonyl (C=O) groups excluding carboxylic acids is 1. The first-order valence-electron chi connectivity index (χ1n) is 7.39. The summed E-state index contributed by atoms with van der Waals surface area (Å²) in [6, 6.07) is 6.52. The van der Waals surface area contributed by atoms with E-state index in [0.717, 1.165) is 11.4 Å². The molecule has 0 saturated carbocycles. The maximum Gasteiger partial charge on any atom is 0.311 e. The van der Waals surface area contributed by atoms with Crippen molar-refractivity contribution in [2.24, 2.45) is 5.10 Å². The monoisotopic (exact) mass is 340 g/mol. The highest BCUT2D eigenvalue weighted by molar-refractivity contribution is 5.92. The van der Waals surface area contributed by atoms with E-state index in [0.29, 0.717) is 17.1 Å². The van der Waals surface area contributed by atoms with Crippen LogP contribution in [-0.4, -0.2) is 43.9 Å². The van der Waals surface area contributed by atoms with Crippen LogP contribution < -0.4 is 10.2 Å². The molecule has 2 heterocycles. The van der Waals surface area contributed by atoms with Gasteiger partial charge in [-0.3, -0.25) is 4.79 Å². The minimum absolute atomic E-state index is 0.0138. The number of phenols is 1. The Morgan fingerprint density at radius 2 is 2.12 bits per heavy atom. The normalized spacial score (nSPS) is 11.2. The van der Waals surface area contributed by atoms with Crippen molar-refractivity contribution in [3.05, 3.63) is 47.0 Å². The largest absolute Gasteiger partial charge is 0.507 e. The van der Waals surface area contributed by atoms with Crippen LogP contribution in [-0.2, 0) is 0 Å². The number of nitrogens with zero attached hydrogens (tertiary/aromatic N) is 5. The summed E-state index contributed by atoms with van der Waals surface area (Å²) in [6.07, 6.45) is 1.30. The first-order chi connectivity index (χ1) is 12.0. The summed E-state index contributed by atoms with van der Waals surface area (Å²) < 4.78 is 6.56. The predicted molar refractivity (Wildman–Crippen MR) is 90.0 cm³/mol. The zero-order chi connectivity index (χ0) is 18.0. The van der Waals surface area contributed by atoms with E-state index in [4.69, 9.17) is 4.74 Å². The van der Waals surface area contributed by atoms with Gasteiger partial charge in [0.15, 0.2) is 0 Å². The number of carbonyl (C=O) groups is 1. The third-order valence-corrected chi connectivity index (χ3v) is 3.43. The van der Waals surface area contributed by atoms with Gasteiger partial charge in [0, 0.05) is 17.0 Å². The summed E-state index contributed by atoms with van der Waals surface area (Å²) in [5.41, 5.74) is 4.32. The van der Waals surface area contributed by atoms with Crippen molar-refractivity contribution >= 4 is 17.9 Å². The standard InChI is InChI=1S/C16H16N6O3/c1-9-6-10(2)22-16(18-9)19-14(21-22)15(24)20-17-8-11-7-12(25-3)4-5-13(11)23/h4-8,23H,1-3H3,(H,20,24)/b17-8+. The second-order valence-corrected chi connectivity index (χ2v) is 5.31. The number of nitrogens with one attached hydrogen (secondary N) is 1. The topological polar surface area (TPSA) is 114 Å². The van der Waals surface area contributed by atoms with Crippen LogP contribution in [0.3, 0.4) is 0 Å². The van der Waals surface area contributed by atoms with Gasteiger partial charge < -0.3 is 9.84 Å².